The van der Waals surface area contributed by atoms with Crippen LogP contribution < -0.4 is 9.47 Å². The lowest BCUT2D eigenvalue weighted by atomic mass is 10.1. The van der Waals surface area contributed by atoms with Gasteiger partial charge in [0.05, 0.1) is 19.5 Å². The predicted octanol–water partition coefficient (Wildman–Crippen LogP) is 3.79. The fourth-order valence-corrected chi connectivity index (χ4v) is 3.95. The molecule has 8 heteroatoms. The fraction of sp³-hybridized carbons (Fsp3) is 0.211. The summed E-state index contributed by atoms with van der Waals surface area (Å²) in [5, 5.41) is 7.80. The Labute approximate surface area is 158 Å². The molecule has 0 radical (unpaired) electrons. The maximum Gasteiger partial charge on any atom is 0.277 e. The summed E-state index contributed by atoms with van der Waals surface area (Å²) in [7, 11) is 3.09. The second kappa shape index (κ2) is 7.03. The van der Waals surface area contributed by atoms with Gasteiger partial charge < -0.3 is 13.9 Å². The van der Waals surface area contributed by atoms with Crippen LogP contribution in [0.4, 0.5) is 4.39 Å². The highest BCUT2D eigenvalue weighted by atomic mass is 32.2. The second-order valence-electron chi connectivity index (χ2n) is 5.92. The van der Waals surface area contributed by atoms with Crippen molar-refractivity contribution in [2.24, 2.45) is 0 Å². The van der Waals surface area contributed by atoms with Crippen molar-refractivity contribution in [3.05, 3.63) is 53.3 Å². The predicted molar refractivity (Wildman–Crippen MR) is 96.9 cm³/mol. The maximum atomic E-state index is 13.4. The van der Waals surface area contributed by atoms with E-state index < -0.39 is 0 Å². The van der Waals surface area contributed by atoms with E-state index in [1.165, 1.54) is 31.0 Å². The highest BCUT2D eigenvalue weighted by molar-refractivity contribution is 8.00. The van der Waals surface area contributed by atoms with Gasteiger partial charge in [-0.1, -0.05) is 17.8 Å². The van der Waals surface area contributed by atoms with Gasteiger partial charge in [0.2, 0.25) is 5.89 Å². The number of thioether (sulfide) groups is 1. The van der Waals surface area contributed by atoms with Gasteiger partial charge in [-0.05, 0) is 42.3 Å². The van der Waals surface area contributed by atoms with Crippen molar-refractivity contribution >= 4 is 17.5 Å². The Morgan fingerprint density at radius 1 is 1.15 bits per heavy atom. The van der Waals surface area contributed by atoms with Crippen molar-refractivity contribution in [1.29, 1.82) is 0 Å². The molecule has 1 heterocycles. The first kappa shape index (κ1) is 17.5. The van der Waals surface area contributed by atoms with Gasteiger partial charge >= 0.3 is 0 Å². The molecule has 1 aliphatic carbocycles. The van der Waals surface area contributed by atoms with Crippen molar-refractivity contribution in [2.45, 2.75) is 16.9 Å². The zero-order chi connectivity index (χ0) is 19.0. The quantitative estimate of drug-likeness (QED) is 0.660. The van der Waals surface area contributed by atoms with Gasteiger partial charge in [0, 0.05) is 11.1 Å². The summed E-state index contributed by atoms with van der Waals surface area (Å²) in [4.78, 5) is 12.7. The van der Waals surface area contributed by atoms with Crippen LogP contribution in [0.2, 0.25) is 0 Å². The summed E-state index contributed by atoms with van der Waals surface area (Å²) in [5.41, 5.74) is 1.99. The number of nitrogens with zero attached hydrogens (tertiary/aromatic N) is 2. The number of fused-ring (bicyclic) bond motifs is 1. The van der Waals surface area contributed by atoms with Gasteiger partial charge in [0.1, 0.15) is 5.82 Å². The second-order valence-corrected chi connectivity index (χ2v) is 7.08. The smallest absolute Gasteiger partial charge is 0.277 e. The zero-order valence-corrected chi connectivity index (χ0v) is 15.4. The Morgan fingerprint density at radius 2 is 1.93 bits per heavy atom. The molecule has 0 spiro atoms. The normalized spacial score (nSPS) is 15.7. The molecule has 1 atom stereocenters. The molecule has 27 heavy (non-hydrogen) atoms. The number of ether oxygens (including phenoxy) is 2. The van der Waals surface area contributed by atoms with Gasteiger partial charge in [0.25, 0.3) is 5.22 Å². The molecule has 0 saturated carbocycles. The molecule has 0 amide bonds. The lowest BCUT2D eigenvalue weighted by Crippen LogP contribution is -2.11. The molecule has 3 aromatic rings. The minimum absolute atomic E-state index is 0.0264. The molecule has 0 aliphatic heterocycles. The van der Waals surface area contributed by atoms with E-state index in [4.69, 9.17) is 13.9 Å². The lowest BCUT2D eigenvalue weighted by molar-refractivity contribution is 0.0999. The Balaban J connectivity index is 1.55. The van der Waals surface area contributed by atoms with E-state index in [-0.39, 0.29) is 28.0 Å². The molecular weight excluding hydrogens is 371 g/mol. The van der Waals surface area contributed by atoms with Crippen LogP contribution in [-0.2, 0) is 6.42 Å². The number of Topliss-reactive ketones (excluding diaryl/α,β-unsaturated/α-hetero) is 1. The third-order valence-corrected chi connectivity index (χ3v) is 5.33. The van der Waals surface area contributed by atoms with E-state index in [1.54, 1.807) is 25.3 Å². The van der Waals surface area contributed by atoms with Crippen LogP contribution in [0.3, 0.4) is 0 Å². The number of hydrogen-bond donors (Lipinski definition) is 0. The molecular formula is C19H15FN2O4S. The van der Waals surface area contributed by atoms with Crippen molar-refractivity contribution in [3.63, 3.8) is 0 Å². The first-order valence-electron chi connectivity index (χ1n) is 8.14. The van der Waals surface area contributed by atoms with Crippen molar-refractivity contribution in [3.8, 4) is 23.0 Å². The zero-order valence-electron chi connectivity index (χ0n) is 14.6. The van der Waals surface area contributed by atoms with Gasteiger partial charge in [0.15, 0.2) is 17.3 Å². The Bertz CT molecular complexity index is 1020. The molecule has 0 fully saturated rings. The van der Waals surface area contributed by atoms with E-state index in [9.17, 15) is 9.18 Å². The number of halogens is 1. The number of carbonyl (C=O) groups excluding carboxylic acids is 1. The number of benzene rings is 2. The molecule has 1 aromatic heterocycles. The number of methoxy groups -OCH3 is 2. The van der Waals surface area contributed by atoms with Gasteiger partial charge in [-0.25, -0.2) is 4.39 Å². The number of aromatic nitrogens is 2. The van der Waals surface area contributed by atoms with Crippen LogP contribution in [0.15, 0.2) is 46.0 Å². The van der Waals surface area contributed by atoms with Crippen LogP contribution in [0.25, 0.3) is 11.5 Å². The number of hydrogen-bond acceptors (Lipinski definition) is 7. The fourth-order valence-electron chi connectivity index (χ4n) is 3.00. The van der Waals surface area contributed by atoms with E-state index >= 15 is 0 Å². The summed E-state index contributed by atoms with van der Waals surface area (Å²) < 4.78 is 29.5. The largest absolute Gasteiger partial charge is 0.493 e. The van der Waals surface area contributed by atoms with E-state index in [1.807, 2.05) is 6.07 Å². The molecule has 2 aromatic carbocycles. The standard InChI is InChI=1S/C19H15FN2O4S/c1-24-14-7-11-8-16(17(23)13(11)9-15(14)25-2)27-19-22-21-18(26-19)10-4-3-5-12(20)6-10/h3-7,9,16H,8H2,1-2H3. The highest BCUT2D eigenvalue weighted by Crippen LogP contribution is 2.39. The third-order valence-electron chi connectivity index (χ3n) is 4.29. The number of rotatable bonds is 5. The monoisotopic (exact) mass is 386 g/mol. The molecule has 138 valence electrons. The van der Waals surface area contributed by atoms with Gasteiger partial charge in [-0.15, -0.1) is 10.2 Å². The molecule has 0 bridgehead atoms. The van der Waals surface area contributed by atoms with Crippen LogP contribution >= 0.6 is 11.8 Å². The number of carbonyl (C=O) groups is 1. The summed E-state index contributed by atoms with van der Waals surface area (Å²) >= 11 is 1.20. The summed E-state index contributed by atoms with van der Waals surface area (Å²) in [6.45, 7) is 0. The first-order valence-corrected chi connectivity index (χ1v) is 9.02. The first-order chi connectivity index (χ1) is 13.1. The molecule has 0 N–H and O–H groups in total. The third kappa shape index (κ3) is 3.28. The minimum atomic E-state index is -0.385. The molecule has 0 saturated heterocycles. The van der Waals surface area contributed by atoms with E-state index in [0.29, 0.717) is 29.0 Å². The minimum Gasteiger partial charge on any atom is -0.493 e. The summed E-state index contributed by atoms with van der Waals surface area (Å²) in [5.74, 6) is 0.899. The summed E-state index contributed by atoms with van der Waals surface area (Å²) in [6, 6.07) is 9.42. The topological polar surface area (TPSA) is 74.5 Å². The van der Waals surface area contributed by atoms with Gasteiger partial charge in [-0.3, -0.25) is 4.79 Å². The average Bonchev–Trinajstić information content (AvgIpc) is 3.26. The molecule has 1 unspecified atom stereocenters. The molecule has 6 nitrogen and oxygen atoms in total. The van der Waals surface area contributed by atoms with Crippen LogP contribution in [0, 0.1) is 5.82 Å². The average molecular weight is 386 g/mol. The lowest BCUT2D eigenvalue weighted by Gasteiger charge is -2.09. The SMILES string of the molecule is COc1cc2c(cc1OC)C(=O)C(Sc1nnc(-c3cccc(F)c3)o1)C2. The Morgan fingerprint density at radius 3 is 2.67 bits per heavy atom. The van der Waals surface area contributed by atoms with E-state index in [0.717, 1.165) is 5.56 Å². The van der Waals surface area contributed by atoms with E-state index in [2.05, 4.69) is 10.2 Å². The maximum absolute atomic E-state index is 13.4. The molecule has 1 aliphatic rings. The van der Waals surface area contributed by atoms with Crippen molar-refractivity contribution < 1.29 is 23.1 Å². The highest BCUT2D eigenvalue weighted by Gasteiger charge is 2.34. The van der Waals surface area contributed by atoms with Crippen molar-refractivity contribution in [2.75, 3.05) is 14.2 Å². The number of ketones is 1. The Hall–Kier alpha value is -2.87. The molecule has 4 rings (SSSR count). The van der Waals surface area contributed by atoms with Crippen LogP contribution in [0.5, 0.6) is 11.5 Å². The Kier molecular flexibility index (Phi) is 4.57. The van der Waals surface area contributed by atoms with Crippen LogP contribution in [0.1, 0.15) is 15.9 Å². The van der Waals surface area contributed by atoms with Crippen LogP contribution in [-0.4, -0.2) is 35.5 Å². The summed E-state index contributed by atoms with van der Waals surface area (Å²) in [6.07, 6.45) is 0.525. The van der Waals surface area contributed by atoms with Crippen molar-refractivity contribution in [1.82, 2.24) is 10.2 Å². The van der Waals surface area contributed by atoms with Gasteiger partial charge in [-0.2, -0.15) is 0 Å².